The molecule has 0 saturated heterocycles. The number of amides is 1. The van der Waals surface area contributed by atoms with Gasteiger partial charge in [0.25, 0.3) is 0 Å². The van der Waals surface area contributed by atoms with Crippen LogP contribution in [0, 0.1) is 11.3 Å². The Hall–Kier alpha value is -2.98. The van der Waals surface area contributed by atoms with Gasteiger partial charge in [-0.15, -0.1) is 0 Å². The average Bonchev–Trinajstić information content (AvgIpc) is 2.81. The Balaban J connectivity index is 2.41. The second-order valence-electron chi connectivity index (χ2n) is 5.50. The number of nitrogens with zero attached hydrogens (tertiary/aromatic N) is 1. The van der Waals surface area contributed by atoms with E-state index in [4.69, 9.17) is 26.8 Å². The molecule has 1 amide bonds. The van der Waals surface area contributed by atoms with Crippen molar-refractivity contribution in [2.75, 3.05) is 11.9 Å². The topological polar surface area (TPSA) is 114 Å². The molecule has 1 aromatic carbocycles. The first kappa shape index (κ1) is 16.9. The Morgan fingerprint density at radius 1 is 1.52 bits per heavy atom. The third kappa shape index (κ3) is 2.18. The van der Waals surface area contributed by atoms with Crippen molar-refractivity contribution in [1.82, 2.24) is 0 Å². The highest BCUT2D eigenvalue weighted by Gasteiger charge is 2.59. The third-order valence-electron chi connectivity index (χ3n) is 4.18. The zero-order valence-electron chi connectivity index (χ0n) is 13.5. The Morgan fingerprint density at radius 3 is 2.88 bits per heavy atom. The van der Waals surface area contributed by atoms with E-state index < -0.39 is 17.3 Å². The Bertz CT molecular complexity index is 913. The van der Waals surface area contributed by atoms with Crippen LogP contribution >= 0.6 is 11.6 Å². The number of ether oxygens (including phenoxy) is 2. The molecule has 1 aromatic rings. The van der Waals surface area contributed by atoms with E-state index in [1.54, 1.807) is 19.1 Å². The molecule has 0 aromatic heterocycles. The first-order valence-electron chi connectivity index (χ1n) is 7.46. The summed E-state index contributed by atoms with van der Waals surface area (Å²) in [4.78, 5) is 25.6. The Labute approximate surface area is 148 Å². The number of esters is 1. The lowest BCUT2D eigenvalue weighted by Gasteiger charge is -2.33. The minimum atomic E-state index is -1.76. The zero-order valence-corrected chi connectivity index (χ0v) is 14.2. The number of fused-ring (bicyclic) bond motifs is 2. The predicted octanol–water partition coefficient (Wildman–Crippen LogP) is 2.09. The van der Waals surface area contributed by atoms with E-state index in [1.807, 2.05) is 6.07 Å². The van der Waals surface area contributed by atoms with Gasteiger partial charge in [-0.3, -0.25) is 4.79 Å². The minimum absolute atomic E-state index is 0.0846. The van der Waals surface area contributed by atoms with Crippen molar-refractivity contribution >= 4 is 29.2 Å². The zero-order chi connectivity index (χ0) is 18.4. The van der Waals surface area contributed by atoms with Crippen LogP contribution in [-0.4, -0.2) is 18.5 Å². The Morgan fingerprint density at radius 2 is 2.24 bits per heavy atom. The average molecular weight is 360 g/mol. The number of allylic oxidation sites excluding steroid dienone is 1. The van der Waals surface area contributed by atoms with Gasteiger partial charge in [0, 0.05) is 16.3 Å². The highest BCUT2D eigenvalue weighted by atomic mass is 35.5. The fourth-order valence-electron chi connectivity index (χ4n) is 3.25. The molecule has 25 heavy (non-hydrogen) atoms. The summed E-state index contributed by atoms with van der Waals surface area (Å²) in [5, 5.41) is 12.7. The van der Waals surface area contributed by atoms with Gasteiger partial charge >= 0.3 is 5.97 Å². The summed E-state index contributed by atoms with van der Waals surface area (Å²) in [7, 11) is 0. The molecule has 2 aliphatic heterocycles. The maximum atomic E-state index is 13.0. The number of rotatable bonds is 2. The number of hydrogen-bond donors (Lipinski definition) is 2. The van der Waals surface area contributed by atoms with E-state index in [0.717, 1.165) is 0 Å². The van der Waals surface area contributed by atoms with Crippen LogP contribution in [-0.2, 0) is 24.5 Å². The molecule has 1 spiro atoms. The van der Waals surface area contributed by atoms with Gasteiger partial charge in [-0.1, -0.05) is 11.6 Å². The molecule has 0 aliphatic carbocycles. The quantitative estimate of drug-likeness (QED) is 0.781. The lowest BCUT2D eigenvalue weighted by Crippen LogP contribution is -2.45. The number of hydrogen-bond acceptors (Lipinski definition) is 6. The molecule has 0 fully saturated rings. The second-order valence-corrected chi connectivity index (χ2v) is 5.94. The first-order valence-corrected chi connectivity index (χ1v) is 7.83. The van der Waals surface area contributed by atoms with Crippen molar-refractivity contribution in [2.24, 2.45) is 5.73 Å². The standard InChI is InChI=1S/C17H14ClN3O4/c1-3-24-15(22)13-8(2)25-14(20)11(7-19)17(13)10-6-9(18)4-5-12(10)21-16(17)23/h4-6H,3,20H2,1-2H3,(H,21,23)/t17-/m0/s1. The summed E-state index contributed by atoms with van der Waals surface area (Å²) < 4.78 is 10.4. The van der Waals surface area contributed by atoms with Crippen LogP contribution in [0.4, 0.5) is 5.69 Å². The van der Waals surface area contributed by atoms with E-state index >= 15 is 0 Å². The van der Waals surface area contributed by atoms with Crippen LogP contribution in [0.3, 0.4) is 0 Å². The highest BCUT2D eigenvalue weighted by Crippen LogP contribution is 2.52. The molecule has 2 aliphatic rings. The van der Waals surface area contributed by atoms with Crippen molar-refractivity contribution in [3.8, 4) is 6.07 Å². The molecule has 3 rings (SSSR count). The number of benzene rings is 1. The third-order valence-corrected chi connectivity index (χ3v) is 4.41. The van der Waals surface area contributed by atoms with Crippen molar-refractivity contribution in [2.45, 2.75) is 19.3 Å². The van der Waals surface area contributed by atoms with Crippen molar-refractivity contribution in [3.63, 3.8) is 0 Å². The predicted molar refractivity (Wildman–Crippen MR) is 89.0 cm³/mol. The van der Waals surface area contributed by atoms with E-state index in [1.165, 1.54) is 13.0 Å². The molecule has 0 bridgehead atoms. The summed E-state index contributed by atoms with van der Waals surface area (Å²) in [5.41, 5.74) is 4.64. The summed E-state index contributed by atoms with van der Waals surface area (Å²) >= 11 is 6.09. The summed E-state index contributed by atoms with van der Waals surface area (Å²) in [6, 6.07) is 6.63. The van der Waals surface area contributed by atoms with Crippen molar-refractivity contribution in [3.05, 3.63) is 51.6 Å². The van der Waals surface area contributed by atoms with Crippen LogP contribution in [0.2, 0.25) is 5.02 Å². The van der Waals surface area contributed by atoms with Gasteiger partial charge < -0.3 is 20.5 Å². The molecule has 7 nitrogen and oxygen atoms in total. The molecule has 2 heterocycles. The van der Waals surface area contributed by atoms with E-state index in [-0.39, 0.29) is 29.4 Å². The summed E-state index contributed by atoms with van der Waals surface area (Å²) in [6.45, 7) is 3.22. The van der Waals surface area contributed by atoms with Gasteiger partial charge in [0.05, 0.1) is 6.61 Å². The second kappa shape index (κ2) is 5.83. The molecule has 3 N–H and O–H groups in total. The monoisotopic (exact) mass is 359 g/mol. The molecule has 8 heteroatoms. The number of nitrogens with one attached hydrogen (secondary N) is 1. The van der Waals surface area contributed by atoms with Crippen molar-refractivity contribution in [1.29, 1.82) is 5.26 Å². The lowest BCUT2D eigenvalue weighted by atomic mass is 9.68. The number of nitrogens with two attached hydrogens (primary N) is 1. The highest BCUT2D eigenvalue weighted by molar-refractivity contribution is 6.31. The summed E-state index contributed by atoms with van der Waals surface area (Å²) in [6.07, 6.45) is 0. The van der Waals surface area contributed by atoms with Crippen LogP contribution in [0.5, 0.6) is 0 Å². The maximum Gasteiger partial charge on any atom is 0.339 e. The van der Waals surface area contributed by atoms with Crippen LogP contribution in [0.25, 0.3) is 0 Å². The number of anilines is 1. The molecule has 0 saturated carbocycles. The SMILES string of the molecule is CCOC(=O)C1=C(C)OC(N)=C(C#N)[C@]12C(=O)Nc1ccc(Cl)cc12. The van der Waals surface area contributed by atoms with E-state index in [9.17, 15) is 14.9 Å². The molecule has 128 valence electrons. The molecule has 0 unspecified atom stereocenters. The smallest absolute Gasteiger partial charge is 0.339 e. The normalized spacial score (nSPS) is 21.6. The van der Waals surface area contributed by atoms with E-state index in [0.29, 0.717) is 16.3 Å². The molecule has 1 atom stereocenters. The number of carbonyl (C=O) groups is 2. The number of halogens is 1. The van der Waals surface area contributed by atoms with Gasteiger partial charge in [-0.25, -0.2) is 4.79 Å². The van der Waals surface area contributed by atoms with Gasteiger partial charge in [-0.05, 0) is 32.0 Å². The summed E-state index contributed by atoms with van der Waals surface area (Å²) in [5.74, 6) is -1.49. The van der Waals surface area contributed by atoms with E-state index in [2.05, 4.69) is 5.32 Å². The van der Waals surface area contributed by atoms with Gasteiger partial charge in [0.15, 0.2) is 5.41 Å². The fourth-order valence-corrected chi connectivity index (χ4v) is 3.42. The Kier molecular flexibility index (Phi) is 3.93. The molecule has 0 radical (unpaired) electrons. The minimum Gasteiger partial charge on any atom is -0.462 e. The number of nitriles is 1. The lowest BCUT2D eigenvalue weighted by molar-refractivity contribution is -0.140. The first-order chi connectivity index (χ1) is 11.9. The fraction of sp³-hybridized carbons (Fsp3) is 0.235. The molecular weight excluding hydrogens is 346 g/mol. The van der Waals surface area contributed by atoms with Gasteiger partial charge in [0.1, 0.15) is 23.0 Å². The van der Waals surface area contributed by atoms with Gasteiger partial charge in [-0.2, -0.15) is 5.26 Å². The van der Waals surface area contributed by atoms with Crippen molar-refractivity contribution < 1.29 is 19.1 Å². The molecular formula is C17H14ClN3O4. The van der Waals surface area contributed by atoms with Gasteiger partial charge in [0.2, 0.25) is 11.8 Å². The maximum absolute atomic E-state index is 13.0. The van der Waals surface area contributed by atoms with Crippen LogP contribution in [0.1, 0.15) is 19.4 Å². The van der Waals surface area contributed by atoms with Crippen LogP contribution < -0.4 is 11.1 Å². The number of carbonyl (C=O) groups excluding carboxylic acids is 2. The largest absolute Gasteiger partial charge is 0.462 e. The van der Waals surface area contributed by atoms with Crippen LogP contribution in [0.15, 0.2) is 41.0 Å².